The molecule has 7 nitrogen and oxygen atoms in total. The van der Waals surface area contributed by atoms with E-state index in [4.69, 9.17) is 4.74 Å². The van der Waals surface area contributed by atoms with Crippen molar-refractivity contribution in [3.8, 4) is 5.69 Å². The molecule has 2 aromatic heterocycles. The van der Waals surface area contributed by atoms with E-state index in [1.54, 1.807) is 16.2 Å². The van der Waals surface area contributed by atoms with Crippen molar-refractivity contribution in [2.24, 2.45) is 0 Å². The number of carbonyl (C=O) groups excluding carboxylic acids is 2. The fraction of sp³-hybridized carbons (Fsp3) is 0.304. The van der Waals surface area contributed by atoms with E-state index in [0.717, 1.165) is 40.6 Å². The lowest BCUT2D eigenvalue weighted by molar-refractivity contribution is -0.137. The fourth-order valence-corrected chi connectivity index (χ4v) is 4.76. The first-order chi connectivity index (χ1) is 16.1. The van der Waals surface area contributed by atoms with Crippen LogP contribution < -0.4 is 5.43 Å². The number of amides is 1. The number of rotatable bonds is 5. The number of benzene rings is 1. The number of likely N-dealkylation sites (tertiary alicyclic amines) is 1. The molecule has 0 bridgehead atoms. The second kappa shape index (κ2) is 9.41. The average molecular weight is 491 g/mol. The van der Waals surface area contributed by atoms with Crippen LogP contribution in [0.4, 0.5) is 13.2 Å². The zero-order valence-electron chi connectivity index (χ0n) is 18.0. The van der Waals surface area contributed by atoms with Crippen molar-refractivity contribution in [3.05, 3.63) is 79.9 Å². The first-order valence-corrected chi connectivity index (χ1v) is 11.3. The summed E-state index contributed by atoms with van der Waals surface area (Å²) in [6, 6.07) is 9.19. The van der Waals surface area contributed by atoms with Gasteiger partial charge in [-0.3, -0.25) is 9.59 Å². The number of hydrogen-bond donors (Lipinski definition) is 0. The van der Waals surface area contributed by atoms with Crippen molar-refractivity contribution in [2.45, 2.75) is 32.0 Å². The van der Waals surface area contributed by atoms with E-state index >= 15 is 0 Å². The summed E-state index contributed by atoms with van der Waals surface area (Å²) in [6.45, 7) is 1.44. The second-order valence-corrected chi connectivity index (χ2v) is 8.77. The number of aryl methyl sites for hydroxylation is 1. The molecule has 1 aliphatic rings. The molecule has 3 heterocycles. The van der Waals surface area contributed by atoms with Crippen LogP contribution >= 0.6 is 11.3 Å². The molecule has 1 atom stereocenters. The quantitative estimate of drug-likeness (QED) is 0.501. The molecule has 1 aromatic carbocycles. The van der Waals surface area contributed by atoms with Crippen LogP contribution in [-0.2, 0) is 15.7 Å². The van der Waals surface area contributed by atoms with Gasteiger partial charge in [-0.15, -0.1) is 11.3 Å². The highest BCUT2D eigenvalue weighted by Crippen LogP contribution is 2.34. The number of hydrogen-bond acceptors (Lipinski definition) is 6. The Morgan fingerprint density at radius 1 is 1.21 bits per heavy atom. The van der Waals surface area contributed by atoms with Gasteiger partial charge in [-0.1, -0.05) is 12.1 Å². The maximum Gasteiger partial charge on any atom is 0.416 e. The van der Waals surface area contributed by atoms with Gasteiger partial charge in [0.2, 0.25) is 11.1 Å². The third-order valence-electron chi connectivity index (χ3n) is 5.49. The summed E-state index contributed by atoms with van der Waals surface area (Å²) in [5.41, 5.74) is -2.02. The monoisotopic (exact) mass is 491 g/mol. The predicted octanol–water partition coefficient (Wildman–Crippen LogP) is 4.14. The van der Waals surface area contributed by atoms with Crippen LogP contribution in [0.1, 0.15) is 45.5 Å². The summed E-state index contributed by atoms with van der Waals surface area (Å²) in [6.07, 6.45) is -2.94. The minimum absolute atomic E-state index is 0.0216. The molecule has 0 N–H and O–H groups in total. The average Bonchev–Trinajstić information content (AvgIpc) is 3.48. The van der Waals surface area contributed by atoms with Gasteiger partial charge in [0, 0.05) is 23.2 Å². The normalized spacial score (nSPS) is 16.0. The van der Waals surface area contributed by atoms with E-state index in [0.29, 0.717) is 6.54 Å². The largest absolute Gasteiger partial charge is 0.451 e. The minimum Gasteiger partial charge on any atom is -0.451 e. The van der Waals surface area contributed by atoms with E-state index in [1.807, 2.05) is 17.5 Å². The van der Waals surface area contributed by atoms with Gasteiger partial charge in [0.15, 0.2) is 6.61 Å². The first kappa shape index (κ1) is 23.7. The number of nitrogens with zero attached hydrogens (tertiary/aromatic N) is 3. The van der Waals surface area contributed by atoms with Gasteiger partial charge in [0.05, 0.1) is 17.3 Å². The number of aromatic nitrogens is 2. The first-order valence-electron chi connectivity index (χ1n) is 10.4. The summed E-state index contributed by atoms with van der Waals surface area (Å²) in [5.74, 6) is -1.51. The van der Waals surface area contributed by atoms with Gasteiger partial charge >= 0.3 is 12.1 Å². The van der Waals surface area contributed by atoms with Crippen LogP contribution in [0.2, 0.25) is 0 Å². The van der Waals surface area contributed by atoms with Crippen molar-refractivity contribution < 1.29 is 27.5 Å². The Morgan fingerprint density at radius 2 is 2.00 bits per heavy atom. The molecular formula is C23H20F3N3O4S. The summed E-state index contributed by atoms with van der Waals surface area (Å²) in [7, 11) is 0. The number of ether oxygens (including phenoxy) is 1. The van der Waals surface area contributed by atoms with E-state index in [9.17, 15) is 27.6 Å². The molecule has 1 saturated heterocycles. The molecule has 3 aromatic rings. The summed E-state index contributed by atoms with van der Waals surface area (Å²) in [4.78, 5) is 40.3. The van der Waals surface area contributed by atoms with E-state index < -0.39 is 41.3 Å². The Morgan fingerprint density at radius 3 is 2.71 bits per heavy atom. The molecule has 0 radical (unpaired) electrons. The molecule has 34 heavy (non-hydrogen) atoms. The number of esters is 1. The van der Waals surface area contributed by atoms with Gasteiger partial charge in [0.1, 0.15) is 0 Å². The Hall–Kier alpha value is -3.47. The topological polar surface area (TPSA) is 81.5 Å². The molecule has 1 unspecified atom stereocenters. The molecule has 1 aliphatic heterocycles. The van der Waals surface area contributed by atoms with Gasteiger partial charge in [-0.25, -0.2) is 9.48 Å². The van der Waals surface area contributed by atoms with Crippen molar-refractivity contribution in [1.29, 1.82) is 0 Å². The summed E-state index contributed by atoms with van der Waals surface area (Å²) in [5, 5.41) is 5.86. The lowest BCUT2D eigenvalue weighted by Crippen LogP contribution is -2.34. The number of carbonyl (C=O) groups is 2. The Balaban J connectivity index is 1.52. The van der Waals surface area contributed by atoms with Crippen LogP contribution in [0.25, 0.3) is 5.69 Å². The van der Waals surface area contributed by atoms with Gasteiger partial charge in [-0.2, -0.15) is 18.3 Å². The molecule has 11 heteroatoms. The van der Waals surface area contributed by atoms with Gasteiger partial charge in [0.25, 0.3) is 5.91 Å². The zero-order chi connectivity index (χ0) is 24.5. The van der Waals surface area contributed by atoms with E-state index in [1.165, 1.54) is 19.1 Å². The standard InChI is InChI=1S/C23H20F3N3O4S/c1-14-11-18(30)21(27-29(14)16-6-2-5-15(12-16)23(24,25)26)22(32)33-13-20(31)28-9-3-7-17(28)19-8-4-10-34-19/h2,4-6,8,10-12,17H,3,7,9,13H2,1H3. The third kappa shape index (κ3) is 4.89. The van der Waals surface area contributed by atoms with Crippen molar-refractivity contribution in [2.75, 3.05) is 13.2 Å². The van der Waals surface area contributed by atoms with Crippen LogP contribution in [-0.4, -0.2) is 39.7 Å². The highest BCUT2D eigenvalue weighted by molar-refractivity contribution is 7.10. The van der Waals surface area contributed by atoms with Crippen LogP contribution in [0.15, 0.2) is 52.6 Å². The van der Waals surface area contributed by atoms with Crippen LogP contribution in [0.3, 0.4) is 0 Å². The number of alkyl halides is 3. The summed E-state index contributed by atoms with van der Waals surface area (Å²) >= 11 is 1.54. The molecule has 1 amide bonds. The summed E-state index contributed by atoms with van der Waals surface area (Å²) < 4.78 is 45.4. The molecular weight excluding hydrogens is 471 g/mol. The van der Waals surface area contributed by atoms with Crippen LogP contribution in [0.5, 0.6) is 0 Å². The lowest BCUT2D eigenvalue weighted by Gasteiger charge is -2.23. The molecule has 4 rings (SSSR count). The SMILES string of the molecule is Cc1cc(=O)c(C(=O)OCC(=O)N2CCCC2c2cccs2)nn1-c1cccc(C(F)(F)F)c1. The maximum atomic E-state index is 13.1. The van der Waals surface area contributed by atoms with E-state index in [2.05, 4.69) is 5.10 Å². The van der Waals surface area contributed by atoms with Gasteiger partial charge in [-0.05, 0) is 49.4 Å². The molecule has 0 saturated carbocycles. The van der Waals surface area contributed by atoms with Crippen molar-refractivity contribution >= 4 is 23.2 Å². The highest BCUT2D eigenvalue weighted by Gasteiger charge is 2.32. The zero-order valence-corrected chi connectivity index (χ0v) is 18.9. The minimum atomic E-state index is -4.57. The van der Waals surface area contributed by atoms with Gasteiger partial charge < -0.3 is 9.64 Å². The highest BCUT2D eigenvalue weighted by atomic mass is 32.1. The Labute approximate surface area is 196 Å². The van der Waals surface area contributed by atoms with E-state index in [-0.39, 0.29) is 17.4 Å². The lowest BCUT2D eigenvalue weighted by atomic mass is 10.2. The molecule has 1 fully saturated rings. The predicted molar refractivity (Wildman–Crippen MR) is 118 cm³/mol. The fourth-order valence-electron chi connectivity index (χ4n) is 3.88. The second-order valence-electron chi connectivity index (χ2n) is 7.80. The molecule has 178 valence electrons. The maximum absolute atomic E-state index is 13.1. The number of halogens is 3. The third-order valence-corrected chi connectivity index (χ3v) is 6.46. The molecule has 0 aliphatic carbocycles. The van der Waals surface area contributed by atoms with Crippen LogP contribution in [0, 0.1) is 6.92 Å². The van der Waals surface area contributed by atoms with Crippen molar-refractivity contribution in [3.63, 3.8) is 0 Å². The Bertz CT molecular complexity index is 1270. The molecule has 0 spiro atoms. The van der Waals surface area contributed by atoms with Crippen molar-refractivity contribution in [1.82, 2.24) is 14.7 Å². The Kier molecular flexibility index (Phi) is 6.56. The number of thiophene rings is 1. The smallest absolute Gasteiger partial charge is 0.416 e.